The minimum absolute atomic E-state index is 0.468. The number of ether oxygens (including phenoxy) is 4. The summed E-state index contributed by atoms with van der Waals surface area (Å²) < 4.78 is 24.8. The van der Waals surface area contributed by atoms with Crippen LogP contribution < -0.4 is 14.3 Å². The van der Waals surface area contributed by atoms with Crippen LogP contribution >= 0.6 is 0 Å². The summed E-state index contributed by atoms with van der Waals surface area (Å²) in [6.07, 6.45) is 7.06. The molecule has 0 spiro atoms. The van der Waals surface area contributed by atoms with Crippen LogP contribution in [0.2, 0.25) is 0 Å². The topological polar surface area (TPSA) is 80.1 Å². The van der Waals surface area contributed by atoms with Gasteiger partial charge in [-0.3, -0.25) is 0 Å². The number of hydrogen-bond donors (Lipinski definition) is 0. The van der Waals surface area contributed by atoms with Crippen molar-refractivity contribution in [1.82, 2.24) is 19.6 Å². The van der Waals surface area contributed by atoms with Crippen molar-refractivity contribution in [3.63, 3.8) is 0 Å². The van der Waals surface area contributed by atoms with Gasteiger partial charge >= 0.3 is 6.48 Å². The molecule has 38 heavy (non-hydrogen) atoms. The Balaban J connectivity index is 1.46. The van der Waals surface area contributed by atoms with Gasteiger partial charge in [0.15, 0.2) is 11.5 Å². The van der Waals surface area contributed by atoms with Crippen molar-refractivity contribution < 1.29 is 23.8 Å². The van der Waals surface area contributed by atoms with Crippen LogP contribution in [-0.4, -0.2) is 72.6 Å². The molecule has 0 bridgehead atoms. The minimum atomic E-state index is -0.818. The summed E-state index contributed by atoms with van der Waals surface area (Å²) >= 11 is 0. The third kappa shape index (κ3) is 5.70. The number of likely N-dealkylation sites (tertiary alicyclic amines) is 1. The van der Waals surface area contributed by atoms with E-state index in [4.69, 9.17) is 23.8 Å². The number of para-hydroxylation sites is 1. The highest BCUT2D eigenvalue weighted by atomic mass is 16.9. The highest BCUT2D eigenvalue weighted by Crippen LogP contribution is 2.38. The second kappa shape index (κ2) is 12.4. The molecule has 1 aliphatic rings. The van der Waals surface area contributed by atoms with E-state index in [9.17, 15) is 0 Å². The smallest absolute Gasteiger partial charge is 0.337 e. The molecule has 0 saturated carbocycles. The Kier molecular flexibility index (Phi) is 8.58. The summed E-state index contributed by atoms with van der Waals surface area (Å²) in [5.41, 5.74) is 3.34. The third-order valence-corrected chi connectivity index (χ3v) is 6.73. The van der Waals surface area contributed by atoms with Crippen molar-refractivity contribution in [2.75, 3.05) is 46.6 Å². The molecular formula is C29H36N4O5. The zero-order valence-corrected chi connectivity index (χ0v) is 22.4. The first kappa shape index (κ1) is 26.2. The summed E-state index contributed by atoms with van der Waals surface area (Å²) in [6, 6.07) is 11.9. The lowest BCUT2D eigenvalue weighted by Crippen LogP contribution is -2.30. The molecule has 0 radical (unpaired) electrons. The van der Waals surface area contributed by atoms with E-state index in [0.29, 0.717) is 31.3 Å². The van der Waals surface area contributed by atoms with E-state index in [2.05, 4.69) is 14.9 Å². The summed E-state index contributed by atoms with van der Waals surface area (Å²) in [7, 11) is 1.66. The minimum Gasteiger partial charge on any atom is -0.493 e. The van der Waals surface area contributed by atoms with E-state index in [1.807, 2.05) is 56.4 Å². The molecule has 2 aromatic carbocycles. The fourth-order valence-electron chi connectivity index (χ4n) is 4.93. The maximum Gasteiger partial charge on any atom is 0.337 e. The average molecular weight is 521 g/mol. The van der Waals surface area contributed by atoms with E-state index in [-0.39, 0.29) is 0 Å². The van der Waals surface area contributed by atoms with Crippen molar-refractivity contribution in [2.45, 2.75) is 39.6 Å². The molecule has 0 aliphatic carbocycles. The molecule has 0 atom stereocenters. The summed E-state index contributed by atoms with van der Waals surface area (Å²) in [5.74, 6) is 1.34. The molecule has 202 valence electrons. The molecule has 1 saturated heterocycles. The van der Waals surface area contributed by atoms with Gasteiger partial charge in [-0.25, -0.2) is 9.97 Å². The molecule has 9 nitrogen and oxygen atoms in total. The maximum atomic E-state index is 6.14. The predicted molar refractivity (Wildman–Crippen MR) is 146 cm³/mol. The standard InChI is InChI=1S/C29H36N4O5/c1-4-35-29(36-5-2)38-33-19-23(21-11-6-7-12-25(21)33)28-22-17-26(34-3)27(18-24(22)30-20-31-28)37-16-10-15-32-13-8-9-14-32/h6-7,11-12,17-20,29H,4-5,8-10,13-16H2,1-3H3. The van der Waals surface area contributed by atoms with Crippen molar-refractivity contribution >= 4 is 21.8 Å². The molecule has 1 aliphatic heterocycles. The lowest BCUT2D eigenvalue weighted by Gasteiger charge is -2.18. The first-order valence-corrected chi connectivity index (χ1v) is 13.4. The lowest BCUT2D eigenvalue weighted by molar-refractivity contribution is -0.282. The van der Waals surface area contributed by atoms with Crippen LogP contribution in [0.5, 0.6) is 11.5 Å². The van der Waals surface area contributed by atoms with Gasteiger partial charge in [-0.15, -0.1) is 0 Å². The zero-order valence-electron chi connectivity index (χ0n) is 22.4. The molecule has 3 heterocycles. The van der Waals surface area contributed by atoms with Gasteiger partial charge < -0.3 is 28.7 Å². The van der Waals surface area contributed by atoms with Gasteiger partial charge in [0.2, 0.25) is 0 Å². The molecule has 1 fully saturated rings. The van der Waals surface area contributed by atoms with Crippen LogP contribution in [0.1, 0.15) is 33.1 Å². The maximum absolute atomic E-state index is 6.14. The molecule has 4 aromatic rings. The van der Waals surface area contributed by atoms with Crippen LogP contribution in [0.4, 0.5) is 0 Å². The summed E-state index contributed by atoms with van der Waals surface area (Å²) in [5, 5.41) is 1.85. The van der Waals surface area contributed by atoms with Crippen molar-refractivity contribution in [3.05, 3.63) is 48.9 Å². The second-order valence-corrected chi connectivity index (χ2v) is 9.18. The molecule has 5 rings (SSSR count). The van der Waals surface area contributed by atoms with E-state index >= 15 is 0 Å². The largest absolute Gasteiger partial charge is 0.493 e. The van der Waals surface area contributed by atoms with Gasteiger partial charge in [0.1, 0.15) is 6.33 Å². The van der Waals surface area contributed by atoms with Crippen molar-refractivity contribution in [1.29, 1.82) is 0 Å². The highest BCUT2D eigenvalue weighted by molar-refractivity contribution is 6.03. The van der Waals surface area contributed by atoms with Gasteiger partial charge in [-0.05, 0) is 58.3 Å². The first-order valence-electron chi connectivity index (χ1n) is 13.4. The Morgan fingerprint density at radius 3 is 2.50 bits per heavy atom. The van der Waals surface area contributed by atoms with E-state index in [1.165, 1.54) is 25.9 Å². The Labute approximate surface area is 223 Å². The number of fused-ring (bicyclic) bond motifs is 2. The number of aromatic nitrogens is 3. The van der Waals surface area contributed by atoms with Gasteiger partial charge in [-0.2, -0.15) is 4.73 Å². The van der Waals surface area contributed by atoms with Crippen LogP contribution in [-0.2, 0) is 9.47 Å². The molecule has 2 aromatic heterocycles. The van der Waals surface area contributed by atoms with Gasteiger partial charge in [0.25, 0.3) is 0 Å². The van der Waals surface area contributed by atoms with Crippen LogP contribution in [0.25, 0.3) is 33.1 Å². The lowest BCUT2D eigenvalue weighted by atomic mass is 10.1. The fourth-order valence-corrected chi connectivity index (χ4v) is 4.93. The molecule has 0 amide bonds. The number of benzene rings is 2. The molecule has 0 unspecified atom stereocenters. The number of methoxy groups -OCH3 is 1. The Morgan fingerprint density at radius 1 is 0.947 bits per heavy atom. The van der Waals surface area contributed by atoms with Crippen LogP contribution in [0, 0.1) is 0 Å². The molecule has 0 N–H and O–H groups in total. The monoisotopic (exact) mass is 520 g/mol. The quantitative estimate of drug-likeness (QED) is 0.182. The van der Waals surface area contributed by atoms with Crippen molar-refractivity contribution in [2.24, 2.45) is 0 Å². The van der Waals surface area contributed by atoms with Gasteiger partial charge in [-0.1, -0.05) is 18.2 Å². The van der Waals surface area contributed by atoms with E-state index in [0.717, 1.165) is 46.0 Å². The Bertz CT molecular complexity index is 1350. The summed E-state index contributed by atoms with van der Waals surface area (Å²) in [6.45, 7) is 7.99. The molecular weight excluding hydrogens is 484 g/mol. The normalized spacial score (nSPS) is 14.1. The van der Waals surface area contributed by atoms with E-state index < -0.39 is 6.48 Å². The second-order valence-electron chi connectivity index (χ2n) is 9.18. The molecule has 9 heteroatoms. The van der Waals surface area contributed by atoms with Crippen molar-refractivity contribution in [3.8, 4) is 22.8 Å². The number of hydrogen-bond acceptors (Lipinski definition) is 8. The SMILES string of the molecule is CCOC(OCC)On1cc(-c2ncnc3cc(OCCCN4CCCC4)c(OC)cc23)c2ccccc21. The zero-order chi connectivity index (χ0) is 26.3. The van der Waals surface area contributed by atoms with Gasteiger partial charge in [0, 0.05) is 28.9 Å². The number of nitrogens with zero attached hydrogens (tertiary/aromatic N) is 4. The Hall–Kier alpha value is -3.40. The predicted octanol–water partition coefficient (Wildman–Crippen LogP) is 4.91. The van der Waals surface area contributed by atoms with Gasteiger partial charge in [0.05, 0.1) is 49.9 Å². The first-order chi connectivity index (χ1) is 18.7. The fraction of sp³-hybridized carbons (Fsp3) is 0.448. The Morgan fingerprint density at radius 2 is 1.74 bits per heavy atom. The van der Waals surface area contributed by atoms with E-state index in [1.54, 1.807) is 18.2 Å². The average Bonchev–Trinajstić information content (AvgIpc) is 3.59. The van der Waals surface area contributed by atoms with Crippen LogP contribution in [0.3, 0.4) is 0 Å². The highest BCUT2D eigenvalue weighted by Gasteiger charge is 2.20. The van der Waals surface area contributed by atoms with Crippen LogP contribution in [0.15, 0.2) is 48.9 Å². The third-order valence-electron chi connectivity index (χ3n) is 6.73. The number of rotatable bonds is 13. The summed E-state index contributed by atoms with van der Waals surface area (Å²) in [4.78, 5) is 17.8.